The highest BCUT2D eigenvalue weighted by molar-refractivity contribution is 7.92. The lowest BCUT2D eigenvalue weighted by Crippen LogP contribution is -2.33. The molecular weight excluding hydrogens is 551 g/mol. The number of ether oxygens (including phenoxy) is 1. The highest BCUT2D eigenvalue weighted by Crippen LogP contribution is 2.30. The smallest absolute Gasteiger partial charge is 0.276 e. The van der Waals surface area contributed by atoms with E-state index in [1.165, 1.54) is 27.3 Å². The number of benzene rings is 1. The van der Waals surface area contributed by atoms with Gasteiger partial charge in [-0.25, -0.2) is 22.3 Å². The number of imidazole rings is 1. The molecule has 1 aromatic carbocycles. The Hall–Kier alpha value is -4.30. The standard InChI is InChI=1S/C27H31FN8O4S/c1-40-20-9-3-17(4-10-20)16-35(41(2,38)39)23-13-25(32-19-7-5-18(29)6-8-19)34-36-24(15-31-26(23)36)27(37)33-22-11-12-30-14-21(22)28/h3-4,9-15,18-19H,5-8,16,29H2,1-2H3,(H,32,34)(H,30,33,37). The SMILES string of the molecule is COc1ccc(CN(c2cc(NC3CCC(N)CC3)nn3c(C(=O)Nc4ccncc4F)cnc23)S(C)(=O)=O)cc1. The lowest BCUT2D eigenvalue weighted by molar-refractivity contribution is 0.102. The van der Waals surface area contributed by atoms with Crippen molar-refractivity contribution >= 4 is 38.8 Å². The molecule has 14 heteroatoms. The summed E-state index contributed by atoms with van der Waals surface area (Å²) in [5.74, 6) is -0.385. The summed E-state index contributed by atoms with van der Waals surface area (Å²) in [5, 5.41) is 10.5. The van der Waals surface area contributed by atoms with Crippen molar-refractivity contribution in [1.82, 2.24) is 19.6 Å². The van der Waals surface area contributed by atoms with Crippen LogP contribution in [-0.4, -0.2) is 59.4 Å². The summed E-state index contributed by atoms with van der Waals surface area (Å²) < 4.78 is 48.2. The van der Waals surface area contributed by atoms with Crippen LogP contribution in [0.25, 0.3) is 5.65 Å². The molecule has 0 bridgehead atoms. The quantitative estimate of drug-likeness (QED) is 0.270. The van der Waals surface area contributed by atoms with E-state index < -0.39 is 21.7 Å². The van der Waals surface area contributed by atoms with Crippen LogP contribution in [0.15, 0.2) is 55.0 Å². The highest BCUT2D eigenvalue weighted by atomic mass is 32.2. The summed E-state index contributed by atoms with van der Waals surface area (Å²) in [4.78, 5) is 21.3. The molecule has 1 aliphatic rings. The number of sulfonamides is 1. The van der Waals surface area contributed by atoms with Gasteiger partial charge in [-0.1, -0.05) is 12.1 Å². The second kappa shape index (κ2) is 11.7. The minimum Gasteiger partial charge on any atom is -0.497 e. The largest absolute Gasteiger partial charge is 0.497 e. The number of nitrogens with zero attached hydrogens (tertiary/aromatic N) is 5. The Bertz CT molecular complexity index is 1650. The first-order chi connectivity index (χ1) is 19.6. The van der Waals surface area contributed by atoms with Crippen LogP contribution in [0.2, 0.25) is 0 Å². The molecule has 1 fully saturated rings. The monoisotopic (exact) mass is 582 g/mol. The highest BCUT2D eigenvalue weighted by Gasteiger charge is 2.27. The van der Waals surface area contributed by atoms with Crippen molar-refractivity contribution in [2.24, 2.45) is 5.73 Å². The van der Waals surface area contributed by atoms with E-state index in [1.807, 2.05) is 0 Å². The number of anilines is 3. The fourth-order valence-corrected chi connectivity index (χ4v) is 5.65. The predicted octanol–water partition coefficient (Wildman–Crippen LogP) is 3.17. The number of aromatic nitrogens is 4. The molecule has 3 aromatic heterocycles. The molecule has 12 nitrogen and oxygen atoms in total. The fourth-order valence-electron chi connectivity index (χ4n) is 4.77. The van der Waals surface area contributed by atoms with E-state index in [-0.39, 0.29) is 41.3 Å². The van der Waals surface area contributed by atoms with Crippen LogP contribution >= 0.6 is 0 Å². The van der Waals surface area contributed by atoms with Crippen LogP contribution in [0.4, 0.5) is 21.6 Å². The zero-order valence-corrected chi connectivity index (χ0v) is 23.4. The van der Waals surface area contributed by atoms with E-state index in [0.29, 0.717) is 17.1 Å². The van der Waals surface area contributed by atoms with Gasteiger partial charge in [0.1, 0.15) is 17.3 Å². The van der Waals surface area contributed by atoms with Crippen molar-refractivity contribution in [3.8, 4) is 5.75 Å². The second-order valence-electron chi connectivity index (χ2n) is 9.98. The van der Waals surface area contributed by atoms with Gasteiger partial charge in [0.05, 0.1) is 38.0 Å². The zero-order chi connectivity index (χ0) is 29.1. The molecule has 1 amide bonds. The normalized spacial score (nSPS) is 17.3. The minimum absolute atomic E-state index is 0.00314. The van der Waals surface area contributed by atoms with Crippen molar-refractivity contribution in [2.45, 2.75) is 44.3 Å². The van der Waals surface area contributed by atoms with Gasteiger partial charge in [0, 0.05) is 24.3 Å². The molecule has 0 unspecified atom stereocenters. The third-order valence-corrected chi connectivity index (χ3v) is 8.11. The van der Waals surface area contributed by atoms with E-state index in [0.717, 1.165) is 38.1 Å². The average Bonchev–Trinajstić information content (AvgIpc) is 3.38. The molecule has 5 rings (SSSR count). The lowest BCUT2D eigenvalue weighted by atomic mass is 9.92. The Morgan fingerprint density at radius 1 is 1.17 bits per heavy atom. The van der Waals surface area contributed by atoms with Gasteiger partial charge < -0.3 is 21.1 Å². The van der Waals surface area contributed by atoms with Crippen LogP contribution in [0.1, 0.15) is 41.7 Å². The van der Waals surface area contributed by atoms with Crippen molar-refractivity contribution in [3.05, 3.63) is 72.1 Å². The summed E-state index contributed by atoms with van der Waals surface area (Å²) in [6, 6.07) is 10.2. The molecule has 0 radical (unpaired) electrons. The van der Waals surface area contributed by atoms with Gasteiger partial charge in [-0.3, -0.25) is 14.1 Å². The van der Waals surface area contributed by atoms with Gasteiger partial charge in [-0.2, -0.15) is 0 Å². The van der Waals surface area contributed by atoms with E-state index in [2.05, 4.69) is 25.7 Å². The van der Waals surface area contributed by atoms with Crippen molar-refractivity contribution in [1.29, 1.82) is 0 Å². The Balaban J connectivity index is 1.58. The number of nitrogens with two attached hydrogens (primary N) is 1. The summed E-state index contributed by atoms with van der Waals surface area (Å²) in [6.07, 6.45) is 8.04. The van der Waals surface area contributed by atoms with Crippen molar-refractivity contribution in [2.75, 3.05) is 28.3 Å². The van der Waals surface area contributed by atoms with Crippen LogP contribution in [-0.2, 0) is 16.6 Å². The molecule has 0 aliphatic heterocycles. The fraction of sp³-hybridized carbons (Fsp3) is 0.333. The summed E-state index contributed by atoms with van der Waals surface area (Å²) >= 11 is 0. The molecule has 41 heavy (non-hydrogen) atoms. The summed E-state index contributed by atoms with van der Waals surface area (Å²) in [6.45, 7) is -0.00314. The number of hydrogen-bond donors (Lipinski definition) is 3. The summed E-state index contributed by atoms with van der Waals surface area (Å²) in [5.41, 5.74) is 7.07. The molecule has 4 aromatic rings. The number of nitrogens with one attached hydrogen (secondary N) is 2. The number of amides is 1. The maximum atomic E-state index is 14.2. The molecule has 0 spiro atoms. The molecule has 4 N–H and O–H groups in total. The first-order valence-electron chi connectivity index (χ1n) is 13.0. The summed E-state index contributed by atoms with van der Waals surface area (Å²) in [7, 11) is -2.28. The zero-order valence-electron chi connectivity index (χ0n) is 22.6. The van der Waals surface area contributed by atoms with Crippen LogP contribution < -0.4 is 25.4 Å². The topological polar surface area (TPSA) is 157 Å². The molecule has 3 heterocycles. The minimum atomic E-state index is -3.83. The van der Waals surface area contributed by atoms with Gasteiger partial charge >= 0.3 is 0 Å². The second-order valence-corrected chi connectivity index (χ2v) is 11.9. The molecule has 1 aliphatic carbocycles. The molecular formula is C27H31FN8O4S. The first kappa shape index (κ1) is 28.2. The Labute approximate surface area is 236 Å². The number of carbonyl (C=O) groups is 1. The number of halogens is 1. The Kier molecular flexibility index (Phi) is 8.03. The number of fused-ring (bicyclic) bond motifs is 1. The molecule has 1 saturated carbocycles. The molecule has 0 saturated heterocycles. The number of pyridine rings is 1. The number of carbonyl (C=O) groups excluding carboxylic acids is 1. The number of rotatable bonds is 9. The third kappa shape index (κ3) is 6.38. The third-order valence-electron chi connectivity index (χ3n) is 6.98. The van der Waals surface area contributed by atoms with E-state index in [1.54, 1.807) is 37.4 Å². The van der Waals surface area contributed by atoms with Gasteiger partial charge in [0.25, 0.3) is 5.91 Å². The van der Waals surface area contributed by atoms with Crippen molar-refractivity contribution < 1.29 is 22.3 Å². The predicted molar refractivity (Wildman–Crippen MR) is 153 cm³/mol. The maximum absolute atomic E-state index is 14.2. The average molecular weight is 583 g/mol. The lowest BCUT2D eigenvalue weighted by Gasteiger charge is -2.28. The van der Waals surface area contributed by atoms with E-state index in [4.69, 9.17) is 10.5 Å². The van der Waals surface area contributed by atoms with Crippen LogP contribution in [0, 0.1) is 5.82 Å². The number of hydrogen-bond acceptors (Lipinski definition) is 9. The molecule has 0 atom stereocenters. The van der Waals surface area contributed by atoms with Crippen LogP contribution in [0.5, 0.6) is 5.75 Å². The van der Waals surface area contributed by atoms with Gasteiger partial charge in [0.15, 0.2) is 17.2 Å². The van der Waals surface area contributed by atoms with Crippen LogP contribution in [0.3, 0.4) is 0 Å². The van der Waals surface area contributed by atoms with Gasteiger partial charge in [-0.05, 0) is 49.4 Å². The van der Waals surface area contributed by atoms with Crippen molar-refractivity contribution in [3.63, 3.8) is 0 Å². The van der Waals surface area contributed by atoms with E-state index >= 15 is 0 Å². The van der Waals surface area contributed by atoms with Gasteiger partial charge in [0.2, 0.25) is 10.0 Å². The Morgan fingerprint density at radius 3 is 2.56 bits per heavy atom. The Morgan fingerprint density at radius 2 is 1.90 bits per heavy atom. The van der Waals surface area contributed by atoms with E-state index in [9.17, 15) is 17.6 Å². The molecule has 216 valence electrons. The van der Waals surface area contributed by atoms with Gasteiger partial charge in [-0.15, -0.1) is 5.10 Å². The first-order valence-corrected chi connectivity index (χ1v) is 14.9. The maximum Gasteiger partial charge on any atom is 0.276 e. The number of methoxy groups -OCH3 is 1.